The van der Waals surface area contributed by atoms with Gasteiger partial charge in [0.25, 0.3) is 0 Å². The van der Waals surface area contributed by atoms with Crippen molar-refractivity contribution in [1.82, 2.24) is 10.2 Å². The molecule has 2 rings (SSSR count). The molecule has 0 unspecified atom stereocenters. The van der Waals surface area contributed by atoms with Crippen LogP contribution in [0.15, 0.2) is 54.6 Å². The molecule has 0 saturated carbocycles. The quantitative estimate of drug-likeness (QED) is 0.826. The SMILES string of the molecule is CN(C)CC[C@H](NC(=O)Cc1cccc(O)c1)c1ccccc1. The molecule has 0 aliphatic carbocycles. The Hall–Kier alpha value is -2.33. The zero-order valence-corrected chi connectivity index (χ0v) is 13.7. The molecule has 2 N–H and O–H groups in total. The van der Waals surface area contributed by atoms with E-state index < -0.39 is 0 Å². The second kappa shape index (κ2) is 8.34. The Balaban J connectivity index is 2.03. The number of aromatic hydroxyl groups is 1. The number of phenols is 1. The summed E-state index contributed by atoms with van der Waals surface area (Å²) in [5, 5.41) is 12.6. The van der Waals surface area contributed by atoms with Gasteiger partial charge in [-0.05, 0) is 50.3 Å². The summed E-state index contributed by atoms with van der Waals surface area (Å²) in [6.45, 7) is 0.895. The molecular weight excluding hydrogens is 288 g/mol. The number of phenolic OH excluding ortho intramolecular Hbond substituents is 1. The molecule has 4 nitrogen and oxygen atoms in total. The van der Waals surface area contributed by atoms with E-state index in [0.29, 0.717) is 0 Å². The fraction of sp³-hybridized carbons (Fsp3) is 0.316. The monoisotopic (exact) mass is 312 g/mol. The van der Waals surface area contributed by atoms with Crippen molar-refractivity contribution < 1.29 is 9.90 Å². The molecule has 4 heteroatoms. The predicted octanol–water partition coefficient (Wildman–Crippen LogP) is 2.74. The number of amides is 1. The van der Waals surface area contributed by atoms with E-state index in [9.17, 15) is 9.90 Å². The van der Waals surface area contributed by atoms with Crippen LogP contribution >= 0.6 is 0 Å². The molecule has 1 atom stereocenters. The van der Waals surface area contributed by atoms with Gasteiger partial charge in [0.05, 0.1) is 12.5 Å². The minimum atomic E-state index is -0.0387. The van der Waals surface area contributed by atoms with Gasteiger partial charge in [-0.15, -0.1) is 0 Å². The molecule has 0 aliphatic heterocycles. The summed E-state index contributed by atoms with van der Waals surface area (Å²) in [5.41, 5.74) is 1.92. The fourth-order valence-electron chi connectivity index (χ4n) is 2.49. The third-order valence-corrected chi connectivity index (χ3v) is 3.68. The van der Waals surface area contributed by atoms with Crippen LogP contribution in [0.2, 0.25) is 0 Å². The molecule has 23 heavy (non-hydrogen) atoms. The molecule has 0 fully saturated rings. The molecule has 0 radical (unpaired) electrons. The summed E-state index contributed by atoms with van der Waals surface area (Å²) in [7, 11) is 4.05. The Kier molecular flexibility index (Phi) is 6.18. The molecule has 2 aromatic carbocycles. The lowest BCUT2D eigenvalue weighted by molar-refractivity contribution is -0.121. The number of nitrogens with zero attached hydrogens (tertiary/aromatic N) is 1. The number of carbonyl (C=O) groups is 1. The summed E-state index contributed by atoms with van der Waals surface area (Å²) in [5.74, 6) is 0.144. The highest BCUT2D eigenvalue weighted by Crippen LogP contribution is 2.17. The van der Waals surface area contributed by atoms with Gasteiger partial charge in [0.1, 0.15) is 5.75 Å². The average molecular weight is 312 g/mol. The van der Waals surface area contributed by atoms with Crippen LogP contribution in [0.4, 0.5) is 0 Å². The van der Waals surface area contributed by atoms with E-state index in [-0.39, 0.29) is 24.1 Å². The van der Waals surface area contributed by atoms with Gasteiger partial charge in [-0.2, -0.15) is 0 Å². The molecule has 2 aromatic rings. The summed E-state index contributed by atoms with van der Waals surface area (Å²) in [6.07, 6.45) is 1.11. The number of benzene rings is 2. The number of hydrogen-bond acceptors (Lipinski definition) is 3. The third kappa shape index (κ3) is 5.75. The third-order valence-electron chi connectivity index (χ3n) is 3.68. The van der Waals surface area contributed by atoms with Crippen LogP contribution in [0.1, 0.15) is 23.6 Å². The van der Waals surface area contributed by atoms with E-state index in [1.165, 1.54) is 0 Å². The molecule has 1 amide bonds. The van der Waals surface area contributed by atoms with Crippen LogP contribution < -0.4 is 5.32 Å². The molecule has 0 spiro atoms. The summed E-state index contributed by atoms with van der Waals surface area (Å²) >= 11 is 0. The minimum Gasteiger partial charge on any atom is -0.508 e. The highest BCUT2D eigenvalue weighted by Gasteiger charge is 2.15. The maximum atomic E-state index is 12.3. The van der Waals surface area contributed by atoms with Crippen molar-refractivity contribution in [2.75, 3.05) is 20.6 Å². The number of nitrogens with one attached hydrogen (secondary N) is 1. The molecule has 0 aliphatic rings. The van der Waals surface area contributed by atoms with Gasteiger partial charge in [-0.3, -0.25) is 4.79 Å². The molecular formula is C19H24N2O2. The van der Waals surface area contributed by atoms with Crippen LogP contribution in [0.3, 0.4) is 0 Å². The van der Waals surface area contributed by atoms with Gasteiger partial charge >= 0.3 is 0 Å². The highest BCUT2D eigenvalue weighted by molar-refractivity contribution is 5.79. The van der Waals surface area contributed by atoms with Gasteiger partial charge in [0.15, 0.2) is 0 Å². The van der Waals surface area contributed by atoms with Crippen LogP contribution in [-0.2, 0) is 11.2 Å². The van der Waals surface area contributed by atoms with Gasteiger partial charge in [0.2, 0.25) is 5.91 Å². The second-order valence-electron chi connectivity index (χ2n) is 5.97. The average Bonchev–Trinajstić information content (AvgIpc) is 2.52. The zero-order chi connectivity index (χ0) is 16.7. The molecule has 0 bridgehead atoms. The van der Waals surface area contributed by atoms with Gasteiger partial charge in [0, 0.05) is 0 Å². The minimum absolute atomic E-state index is 0.0107. The van der Waals surface area contributed by atoms with Crippen LogP contribution in [0.5, 0.6) is 5.75 Å². The Labute approximate surface area is 137 Å². The van der Waals surface area contributed by atoms with Crippen LogP contribution in [0, 0.1) is 0 Å². The smallest absolute Gasteiger partial charge is 0.224 e. The maximum absolute atomic E-state index is 12.3. The lowest BCUT2D eigenvalue weighted by Gasteiger charge is -2.21. The first-order valence-corrected chi connectivity index (χ1v) is 7.81. The van der Waals surface area contributed by atoms with Crippen molar-refractivity contribution in [3.8, 4) is 5.75 Å². The lowest BCUT2D eigenvalue weighted by Crippen LogP contribution is -2.32. The number of carbonyl (C=O) groups excluding carboxylic acids is 1. The predicted molar refractivity (Wildman–Crippen MR) is 92.3 cm³/mol. The molecule has 0 aromatic heterocycles. The molecule has 0 heterocycles. The van der Waals surface area contributed by atoms with Crippen molar-refractivity contribution in [2.45, 2.75) is 18.9 Å². The zero-order valence-electron chi connectivity index (χ0n) is 13.7. The Bertz CT molecular complexity index is 626. The van der Waals surface area contributed by atoms with E-state index in [1.54, 1.807) is 18.2 Å². The normalized spacial score (nSPS) is 12.1. The van der Waals surface area contributed by atoms with E-state index in [4.69, 9.17) is 0 Å². The number of rotatable bonds is 7. The first-order valence-electron chi connectivity index (χ1n) is 7.81. The van der Waals surface area contributed by atoms with Crippen molar-refractivity contribution >= 4 is 5.91 Å². The van der Waals surface area contributed by atoms with Crippen molar-refractivity contribution in [1.29, 1.82) is 0 Å². The van der Waals surface area contributed by atoms with E-state index in [2.05, 4.69) is 10.2 Å². The molecule has 0 saturated heterocycles. The topological polar surface area (TPSA) is 52.6 Å². The van der Waals surface area contributed by atoms with Gasteiger partial charge < -0.3 is 15.3 Å². The Morgan fingerprint density at radius 2 is 1.87 bits per heavy atom. The van der Waals surface area contributed by atoms with Gasteiger partial charge in [-0.1, -0.05) is 42.5 Å². The number of hydrogen-bond donors (Lipinski definition) is 2. The largest absolute Gasteiger partial charge is 0.508 e. The van der Waals surface area contributed by atoms with Crippen molar-refractivity contribution in [3.05, 3.63) is 65.7 Å². The Morgan fingerprint density at radius 3 is 2.52 bits per heavy atom. The summed E-state index contributed by atoms with van der Waals surface area (Å²) < 4.78 is 0. The lowest BCUT2D eigenvalue weighted by atomic mass is 10.0. The van der Waals surface area contributed by atoms with Crippen molar-refractivity contribution in [3.63, 3.8) is 0 Å². The summed E-state index contributed by atoms with van der Waals surface area (Å²) in [6, 6.07) is 16.8. The van der Waals surface area contributed by atoms with Crippen LogP contribution in [-0.4, -0.2) is 36.6 Å². The summed E-state index contributed by atoms with van der Waals surface area (Å²) in [4.78, 5) is 14.5. The second-order valence-corrected chi connectivity index (χ2v) is 5.97. The van der Waals surface area contributed by atoms with E-state index in [0.717, 1.165) is 24.1 Å². The standard InChI is InChI=1S/C19H24N2O2/c1-21(2)12-11-18(16-8-4-3-5-9-16)20-19(23)14-15-7-6-10-17(22)13-15/h3-10,13,18,22H,11-12,14H2,1-2H3,(H,20,23)/t18-/m0/s1. The van der Waals surface area contributed by atoms with Crippen molar-refractivity contribution in [2.24, 2.45) is 0 Å². The maximum Gasteiger partial charge on any atom is 0.224 e. The van der Waals surface area contributed by atoms with E-state index >= 15 is 0 Å². The van der Waals surface area contributed by atoms with Crippen LogP contribution in [0.25, 0.3) is 0 Å². The first kappa shape index (κ1) is 17.0. The fourth-order valence-corrected chi connectivity index (χ4v) is 2.49. The Morgan fingerprint density at radius 1 is 1.13 bits per heavy atom. The first-order chi connectivity index (χ1) is 11.0. The molecule has 122 valence electrons. The highest BCUT2D eigenvalue weighted by atomic mass is 16.3. The van der Waals surface area contributed by atoms with Gasteiger partial charge in [-0.25, -0.2) is 0 Å². The van der Waals surface area contributed by atoms with E-state index in [1.807, 2.05) is 50.5 Å².